The van der Waals surface area contributed by atoms with Crippen LogP contribution in [0.25, 0.3) is 11.0 Å². The molecule has 0 saturated carbocycles. The average molecular weight is 253 g/mol. The van der Waals surface area contributed by atoms with Gasteiger partial charge in [-0.05, 0) is 12.1 Å². The number of nitrogens with one attached hydrogen (secondary N) is 1. The molecule has 5 heteroatoms. The Kier molecular flexibility index (Phi) is 4.01. The first-order chi connectivity index (χ1) is 8.31. The van der Waals surface area contributed by atoms with E-state index < -0.39 is 0 Å². The SMILES string of the molecule is C=CCOCCOc1nc2cc[nH]c2cc1Cl. The molecule has 2 rings (SSSR count). The molecule has 0 aliphatic carbocycles. The van der Waals surface area contributed by atoms with Gasteiger partial charge in [0.05, 0.1) is 24.2 Å². The zero-order valence-corrected chi connectivity index (χ0v) is 10.0. The smallest absolute Gasteiger partial charge is 0.233 e. The minimum atomic E-state index is 0.413. The van der Waals surface area contributed by atoms with Crippen molar-refractivity contribution in [3.05, 3.63) is 36.0 Å². The minimum absolute atomic E-state index is 0.413. The van der Waals surface area contributed by atoms with Gasteiger partial charge in [0.15, 0.2) is 0 Å². The summed E-state index contributed by atoms with van der Waals surface area (Å²) in [5, 5.41) is 0.490. The summed E-state index contributed by atoms with van der Waals surface area (Å²) in [6, 6.07) is 3.66. The van der Waals surface area contributed by atoms with Crippen molar-refractivity contribution in [1.82, 2.24) is 9.97 Å². The topological polar surface area (TPSA) is 47.1 Å². The van der Waals surface area contributed by atoms with E-state index in [4.69, 9.17) is 21.1 Å². The summed E-state index contributed by atoms with van der Waals surface area (Å²) in [5.41, 5.74) is 1.72. The van der Waals surface area contributed by atoms with Crippen LogP contribution < -0.4 is 4.74 Å². The van der Waals surface area contributed by atoms with Gasteiger partial charge in [0.2, 0.25) is 5.88 Å². The van der Waals surface area contributed by atoms with E-state index in [1.54, 1.807) is 12.1 Å². The molecule has 17 heavy (non-hydrogen) atoms. The fourth-order valence-electron chi connectivity index (χ4n) is 1.40. The third kappa shape index (κ3) is 2.99. The van der Waals surface area contributed by atoms with Gasteiger partial charge in [-0.3, -0.25) is 0 Å². The van der Waals surface area contributed by atoms with Crippen LogP contribution in [0, 0.1) is 0 Å². The molecule has 0 aliphatic rings. The van der Waals surface area contributed by atoms with Crippen molar-refractivity contribution in [2.45, 2.75) is 0 Å². The number of aromatic nitrogens is 2. The number of fused-ring (bicyclic) bond motifs is 1. The van der Waals surface area contributed by atoms with Gasteiger partial charge in [-0.2, -0.15) is 0 Å². The first kappa shape index (κ1) is 12.0. The molecule has 1 N–H and O–H groups in total. The van der Waals surface area contributed by atoms with E-state index in [2.05, 4.69) is 16.5 Å². The summed E-state index contributed by atoms with van der Waals surface area (Å²) < 4.78 is 10.6. The van der Waals surface area contributed by atoms with E-state index in [1.807, 2.05) is 12.3 Å². The van der Waals surface area contributed by atoms with Crippen molar-refractivity contribution < 1.29 is 9.47 Å². The van der Waals surface area contributed by atoms with Gasteiger partial charge in [0.25, 0.3) is 0 Å². The zero-order chi connectivity index (χ0) is 12.1. The number of H-pyrrole nitrogens is 1. The standard InChI is InChI=1S/C12H13ClN2O2/c1-2-5-16-6-7-17-12-9(13)8-11-10(15-12)3-4-14-11/h2-4,8,14H,1,5-7H2. The van der Waals surface area contributed by atoms with Crippen LogP contribution >= 0.6 is 11.6 Å². The number of pyridine rings is 1. The van der Waals surface area contributed by atoms with Gasteiger partial charge in [-0.25, -0.2) is 4.98 Å². The molecule has 2 aromatic heterocycles. The Bertz CT molecular complexity index is 510. The molecular formula is C12H13ClN2O2. The Morgan fingerprint density at radius 1 is 1.47 bits per heavy atom. The number of halogens is 1. The highest BCUT2D eigenvalue weighted by atomic mass is 35.5. The third-order valence-corrected chi connectivity index (χ3v) is 2.43. The van der Waals surface area contributed by atoms with Crippen LogP contribution in [0.4, 0.5) is 0 Å². The number of ether oxygens (including phenoxy) is 2. The maximum Gasteiger partial charge on any atom is 0.233 e. The Hall–Kier alpha value is -1.52. The van der Waals surface area contributed by atoms with E-state index in [0.717, 1.165) is 11.0 Å². The maximum atomic E-state index is 6.04. The molecular weight excluding hydrogens is 240 g/mol. The van der Waals surface area contributed by atoms with Gasteiger partial charge in [-0.1, -0.05) is 17.7 Å². The molecule has 0 aromatic carbocycles. The summed E-state index contributed by atoms with van der Waals surface area (Å²) in [6.07, 6.45) is 3.50. The molecule has 0 unspecified atom stereocenters. The van der Waals surface area contributed by atoms with E-state index in [0.29, 0.717) is 30.7 Å². The normalized spacial score (nSPS) is 10.6. The molecule has 0 bridgehead atoms. The van der Waals surface area contributed by atoms with Crippen molar-refractivity contribution in [2.75, 3.05) is 19.8 Å². The highest BCUT2D eigenvalue weighted by molar-refractivity contribution is 6.32. The predicted octanol–water partition coefficient (Wildman–Crippen LogP) is 2.80. The molecule has 0 fully saturated rings. The monoisotopic (exact) mass is 252 g/mol. The third-order valence-electron chi connectivity index (χ3n) is 2.16. The van der Waals surface area contributed by atoms with Crippen LogP contribution in [0.1, 0.15) is 0 Å². The molecule has 2 aromatic rings. The van der Waals surface area contributed by atoms with Crippen molar-refractivity contribution >= 4 is 22.6 Å². The second-order valence-electron chi connectivity index (χ2n) is 3.40. The van der Waals surface area contributed by atoms with Gasteiger partial charge >= 0.3 is 0 Å². The fourth-order valence-corrected chi connectivity index (χ4v) is 1.61. The van der Waals surface area contributed by atoms with Crippen LogP contribution in [-0.4, -0.2) is 29.8 Å². The number of aromatic amines is 1. The summed E-state index contributed by atoms with van der Waals surface area (Å²) in [7, 11) is 0. The fraction of sp³-hybridized carbons (Fsp3) is 0.250. The summed E-state index contributed by atoms with van der Waals surface area (Å²) >= 11 is 6.04. The molecule has 0 spiro atoms. The molecule has 4 nitrogen and oxygen atoms in total. The molecule has 90 valence electrons. The average Bonchev–Trinajstić information content (AvgIpc) is 2.76. The molecule has 0 atom stereocenters. The lowest BCUT2D eigenvalue weighted by Crippen LogP contribution is -2.07. The molecule has 0 saturated heterocycles. The molecule has 0 amide bonds. The number of hydrogen-bond acceptors (Lipinski definition) is 3. The molecule has 0 radical (unpaired) electrons. The van der Waals surface area contributed by atoms with E-state index in [9.17, 15) is 0 Å². The lowest BCUT2D eigenvalue weighted by atomic mass is 10.4. The van der Waals surface area contributed by atoms with E-state index >= 15 is 0 Å². The minimum Gasteiger partial charge on any atom is -0.474 e. The Balaban J connectivity index is 1.97. The number of rotatable bonds is 6. The number of hydrogen-bond donors (Lipinski definition) is 1. The highest BCUT2D eigenvalue weighted by Crippen LogP contribution is 2.25. The second kappa shape index (κ2) is 5.70. The quantitative estimate of drug-likeness (QED) is 0.635. The van der Waals surface area contributed by atoms with Gasteiger partial charge in [0, 0.05) is 6.20 Å². The highest BCUT2D eigenvalue weighted by Gasteiger charge is 2.06. The van der Waals surface area contributed by atoms with Crippen molar-refractivity contribution in [3.63, 3.8) is 0 Å². The Morgan fingerprint density at radius 2 is 2.35 bits per heavy atom. The first-order valence-electron chi connectivity index (χ1n) is 5.26. The van der Waals surface area contributed by atoms with Crippen LogP contribution in [0.5, 0.6) is 5.88 Å². The second-order valence-corrected chi connectivity index (χ2v) is 3.81. The summed E-state index contributed by atoms with van der Waals surface area (Å²) in [6.45, 7) is 4.97. The van der Waals surface area contributed by atoms with Gasteiger partial charge < -0.3 is 14.5 Å². The lowest BCUT2D eigenvalue weighted by molar-refractivity contribution is 0.119. The largest absolute Gasteiger partial charge is 0.474 e. The van der Waals surface area contributed by atoms with Crippen molar-refractivity contribution in [3.8, 4) is 5.88 Å². The summed E-state index contributed by atoms with van der Waals surface area (Å²) in [4.78, 5) is 7.32. The zero-order valence-electron chi connectivity index (χ0n) is 9.28. The number of nitrogens with zero attached hydrogens (tertiary/aromatic N) is 1. The van der Waals surface area contributed by atoms with Crippen LogP contribution in [0.15, 0.2) is 31.0 Å². The van der Waals surface area contributed by atoms with Crippen molar-refractivity contribution in [2.24, 2.45) is 0 Å². The van der Waals surface area contributed by atoms with Crippen LogP contribution in [-0.2, 0) is 4.74 Å². The first-order valence-corrected chi connectivity index (χ1v) is 5.64. The predicted molar refractivity (Wildman–Crippen MR) is 67.6 cm³/mol. The van der Waals surface area contributed by atoms with Gasteiger partial charge in [-0.15, -0.1) is 6.58 Å². The van der Waals surface area contributed by atoms with Gasteiger partial charge in [0.1, 0.15) is 11.6 Å². The van der Waals surface area contributed by atoms with E-state index in [1.165, 1.54) is 0 Å². The summed E-state index contributed by atoms with van der Waals surface area (Å²) in [5.74, 6) is 0.431. The van der Waals surface area contributed by atoms with Crippen LogP contribution in [0.3, 0.4) is 0 Å². The Morgan fingerprint density at radius 3 is 3.18 bits per heavy atom. The Labute approximate surface area is 104 Å². The maximum absolute atomic E-state index is 6.04. The van der Waals surface area contributed by atoms with Crippen molar-refractivity contribution in [1.29, 1.82) is 0 Å². The lowest BCUT2D eigenvalue weighted by Gasteiger charge is -2.07. The van der Waals surface area contributed by atoms with E-state index in [-0.39, 0.29) is 0 Å². The van der Waals surface area contributed by atoms with Crippen LogP contribution in [0.2, 0.25) is 5.02 Å². The molecule has 0 aliphatic heterocycles. The molecule has 2 heterocycles.